The van der Waals surface area contributed by atoms with Gasteiger partial charge in [-0.2, -0.15) is 0 Å². The third kappa shape index (κ3) is 8.48. The molecule has 2 N–H and O–H groups in total. The van der Waals surface area contributed by atoms with Crippen LogP contribution in [0.3, 0.4) is 0 Å². The van der Waals surface area contributed by atoms with Crippen LogP contribution in [0.25, 0.3) is 0 Å². The highest BCUT2D eigenvalue weighted by Gasteiger charge is 2.13. The molecule has 158 valence electrons. The molecule has 0 bridgehead atoms. The van der Waals surface area contributed by atoms with Crippen molar-refractivity contribution in [2.24, 2.45) is 0 Å². The largest absolute Gasteiger partial charge is 0.478 e. The van der Waals surface area contributed by atoms with Crippen molar-refractivity contribution in [3.63, 3.8) is 0 Å². The number of benzene rings is 3. The second-order valence-electron chi connectivity index (χ2n) is 6.62. The zero-order valence-electron chi connectivity index (χ0n) is 17.7. The highest BCUT2D eigenvalue weighted by molar-refractivity contribution is 6.01. The van der Waals surface area contributed by atoms with E-state index < -0.39 is 11.9 Å². The predicted octanol–water partition coefficient (Wildman–Crippen LogP) is 4.59. The lowest BCUT2D eigenvalue weighted by Crippen LogP contribution is -2.07. The number of hydrogen-bond donors (Lipinski definition) is 2. The molecule has 0 aromatic heterocycles. The zero-order chi connectivity index (χ0) is 22.5. The molecule has 3 rings (SSSR count). The van der Waals surface area contributed by atoms with Crippen molar-refractivity contribution in [2.75, 3.05) is 38.0 Å². The summed E-state index contributed by atoms with van der Waals surface area (Å²) in [6.07, 6.45) is 0. The molecule has 0 aliphatic rings. The number of para-hydroxylation sites is 2. The Kier molecular flexibility index (Phi) is 10.2. The van der Waals surface area contributed by atoms with Crippen LogP contribution in [-0.4, -0.2) is 50.3 Å². The maximum atomic E-state index is 10.5. The van der Waals surface area contributed by atoms with E-state index in [0.29, 0.717) is 0 Å². The van der Waals surface area contributed by atoms with Crippen LogP contribution in [0.1, 0.15) is 20.7 Å². The number of carboxylic acids is 2. The van der Waals surface area contributed by atoms with E-state index in [-0.39, 0.29) is 11.1 Å². The number of carboxylic acid groups (broad SMARTS) is 2. The Morgan fingerprint density at radius 3 is 1.00 bits per heavy atom. The fourth-order valence-electron chi connectivity index (χ4n) is 2.31. The van der Waals surface area contributed by atoms with Gasteiger partial charge in [-0.15, -0.1) is 0 Å². The monoisotopic (exact) mass is 408 g/mol. The average molecular weight is 408 g/mol. The summed E-state index contributed by atoms with van der Waals surface area (Å²) in [6.45, 7) is 0. The maximum absolute atomic E-state index is 10.5. The fraction of sp³-hybridized carbons (Fsp3) is 0.167. The first-order valence-electron chi connectivity index (χ1n) is 9.24. The molecule has 0 spiro atoms. The fourth-order valence-corrected chi connectivity index (χ4v) is 2.31. The Morgan fingerprint density at radius 2 is 0.800 bits per heavy atom. The van der Waals surface area contributed by atoms with Gasteiger partial charge in [0.25, 0.3) is 0 Å². The molecule has 0 unspecified atom stereocenters. The first kappa shape index (κ1) is 24.2. The normalized spacial score (nSPS) is 9.20. The minimum atomic E-state index is -1.23. The Balaban J connectivity index is 0.000000229. The van der Waals surface area contributed by atoms with E-state index in [2.05, 4.69) is 34.1 Å². The molecule has 0 heterocycles. The van der Waals surface area contributed by atoms with Gasteiger partial charge in [0.15, 0.2) is 0 Å². The molecule has 0 saturated carbocycles. The van der Waals surface area contributed by atoms with E-state index in [1.807, 2.05) is 64.6 Å². The van der Waals surface area contributed by atoms with Crippen molar-refractivity contribution < 1.29 is 19.8 Å². The van der Waals surface area contributed by atoms with E-state index in [1.165, 1.54) is 35.6 Å². The first-order valence-corrected chi connectivity index (χ1v) is 9.24. The highest BCUT2D eigenvalue weighted by atomic mass is 16.4. The Morgan fingerprint density at radius 1 is 0.533 bits per heavy atom. The highest BCUT2D eigenvalue weighted by Crippen LogP contribution is 2.09. The van der Waals surface area contributed by atoms with Crippen LogP contribution in [0.4, 0.5) is 11.4 Å². The van der Waals surface area contributed by atoms with Gasteiger partial charge in [0.2, 0.25) is 0 Å². The SMILES string of the molecule is CN(C)c1ccccc1.CN(C)c1ccccc1.O=C(O)c1ccccc1C(=O)O. The molecule has 0 saturated heterocycles. The van der Waals surface area contributed by atoms with Crippen molar-refractivity contribution in [3.05, 3.63) is 96.1 Å². The van der Waals surface area contributed by atoms with Gasteiger partial charge in [-0.25, -0.2) is 9.59 Å². The second kappa shape index (κ2) is 12.6. The van der Waals surface area contributed by atoms with Crippen molar-refractivity contribution in [1.29, 1.82) is 0 Å². The molecule has 0 aliphatic heterocycles. The minimum Gasteiger partial charge on any atom is -0.478 e. The lowest BCUT2D eigenvalue weighted by molar-refractivity contribution is 0.0651. The van der Waals surface area contributed by atoms with Crippen LogP contribution in [0.5, 0.6) is 0 Å². The smallest absolute Gasteiger partial charge is 0.336 e. The number of anilines is 2. The Labute approximate surface area is 177 Å². The van der Waals surface area contributed by atoms with Gasteiger partial charge in [0, 0.05) is 39.6 Å². The van der Waals surface area contributed by atoms with Crippen molar-refractivity contribution >= 4 is 23.3 Å². The number of aromatic carboxylic acids is 2. The van der Waals surface area contributed by atoms with E-state index in [1.54, 1.807) is 0 Å². The summed E-state index contributed by atoms with van der Waals surface area (Å²) < 4.78 is 0. The molecule has 6 nitrogen and oxygen atoms in total. The van der Waals surface area contributed by atoms with Crippen LogP contribution < -0.4 is 9.80 Å². The second-order valence-corrected chi connectivity index (χ2v) is 6.62. The molecule has 3 aromatic rings. The maximum Gasteiger partial charge on any atom is 0.336 e. The van der Waals surface area contributed by atoms with Crippen molar-refractivity contribution in [3.8, 4) is 0 Å². The van der Waals surface area contributed by atoms with E-state index in [0.717, 1.165) is 0 Å². The van der Waals surface area contributed by atoms with Gasteiger partial charge < -0.3 is 20.0 Å². The van der Waals surface area contributed by atoms with Gasteiger partial charge in [0.05, 0.1) is 11.1 Å². The molecular formula is C24H28N2O4. The van der Waals surface area contributed by atoms with Gasteiger partial charge in [-0.3, -0.25) is 0 Å². The van der Waals surface area contributed by atoms with E-state index >= 15 is 0 Å². The van der Waals surface area contributed by atoms with Gasteiger partial charge in [-0.05, 0) is 36.4 Å². The topological polar surface area (TPSA) is 81.1 Å². The summed E-state index contributed by atoms with van der Waals surface area (Å²) >= 11 is 0. The van der Waals surface area contributed by atoms with Crippen molar-refractivity contribution in [2.45, 2.75) is 0 Å². The zero-order valence-corrected chi connectivity index (χ0v) is 17.7. The third-order valence-electron chi connectivity index (χ3n) is 3.93. The summed E-state index contributed by atoms with van der Waals surface area (Å²) in [4.78, 5) is 25.1. The molecule has 0 radical (unpaired) electrons. The number of rotatable bonds is 4. The first-order chi connectivity index (χ1) is 14.2. The summed E-state index contributed by atoms with van der Waals surface area (Å²) in [5.74, 6) is -2.46. The van der Waals surface area contributed by atoms with Crippen molar-refractivity contribution in [1.82, 2.24) is 0 Å². The Hall–Kier alpha value is -3.80. The lowest BCUT2D eigenvalue weighted by Gasteiger charge is -2.10. The van der Waals surface area contributed by atoms with Gasteiger partial charge in [-0.1, -0.05) is 48.5 Å². The van der Waals surface area contributed by atoms with Gasteiger partial charge in [0.1, 0.15) is 0 Å². The number of hydrogen-bond acceptors (Lipinski definition) is 4. The van der Waals surface area contributed by atoms with Crippen LogP contribution in [-0.2, 0) is 0 Å². The van der Waals surface area contributed by atoms with Crippen LogP contribution >= 0.6 is 0 Å². The third-order valence-corrected chi connectivity index (χ3v) is 3.93. The molecule has 0 fully saturated rings. The van der Waals surface area contributed by atoms with E-state index in [9.17, 15) is 9.59 Å². The standard InChI is InChI=1S/2C8H11N.C8H6O4/c2*1-9(2)8-6-4-3-5-7-8;9-7(10)5-3-1-2-4-6(5)8(11)12/h2*3-7H,1-2H3;1-4H,(H,9,10)(H,11,12). The van der Waals surface area contributed by atoms with Crippen LogP contribution in [0, 0.1) is 0 Å². The summed E-state index contributed by atoms with van der Waals surface area (Å²) in [7, 11) is 8.15. The molecule has 0 aliphatic carbocycles. The van der Waals surface area contributed by atoms with Gasteiger partial charge >= 0.3 is 11.9 Å². The quantitative estimate of drug-likeness (QED) is 0.657. The average Bonchev–Trinajstić information content (AvgIpc) is 2.75. The molecule has 30 heavy (non-hydrogen) atoms. The summed E-state index contributed by atoms with van der Waals surface area (Å²) in [5, 5.41) is 17.1. The summed E-state index contributed by atoms with van der Waals surface area (Å²) in [5.41, 5.74) is 2.12. The molecule has 0 atom stereocenters. The molecule has 0 amide bonds. The molecule has 6 heteroatoms. The Bertz CT molecular complexity index is 834. The van der Waals surface area contributed by atoms with Crippen LogP contribution in [0.15, 0.2) is 84.9 Å². The minimum absolute atomic E-state index is 0.190. The number of carbonyl (C=O) groups is 2. The molecule has 3 aromatic carbocycles. The molecular weight excluding hydrogens is 380 g/mol. The summed E-state index contributed by atoms with van der Waals surface area (Å²) in [6, 6.07) is 26.0. The van der Waals surface area contributed by atoms with E-state index in [4.69, 9.17) is 10.2 Å². The number of nitrogens with zero attached hydrogens (tertiary/aromatic N) is 2. The van der Waals surface area contributed by atoms with Crippen LogP contribution in [0.2, 0.25) is 0 Å². The lowest BCUT2D eigenvalue weighted by atomic mass is 10.1. The predicted molar refractivity (Wildman–Crippen MR) is 122 cm³/mol.